The molecule has 1 aliphatic rings. The summed E-state index contributed by atoms with van der Waals surface area (Å²) in [7, 11) is 0. The lowest BCUT2D eigenvalue weighted by molar-refractivity contribution is 0.544. The molecular weight excluding hydrogens is 224 g/mol. The monoisotopic (exact) mass is 248 g/mol. The Morgan fingerprint density at radius 1 is 1.28 bits per heavy atom. The van der Waals surface area contributed by atoms with E-state index in [0.717, 1.165) is 37.8 Å². The number of nitrogens with one attached hydrogen (secondary N) is 1. The van der Waals surface area contributed by atoms with E-state index in [1.807, 2.05) is 12.3 Å². The summed E-state index contributed by atoms with van der Waals surface area (Å²) in [4.78, 5) is 11.3. The molecule has 100 valence electrons. The Kier molecular flexibility index (Phi) is 4.93. The molecule has 1 aromatic heterocycles. The highest BCUT2D eigenvalue weighted by molar-refractivity contribution is 5.30. The number of hydrogen-bond donors (Lipinski definition) is 1. The molecule has 0 saturated carbocycles. The molecule has 0 aromatic carbocycles. The Balaban J connectivity index is 1.91. The minimum Gasteiger partial charge on any atom is -0.341 e. The van der Waals surface area contributed by atoms with Crippen LogP contribution in [0.5, 0.6) is 0 Å². The third-order valence-electron chi connectivity index (χ3n) is 3.20. The molecule has 0 amide bonds. The molecule has 1 aromatic rings. The molecule has 4 heteroatoms. The number of aromatic nitrogens is 2. The standard InChI is InChI=1S/C14H24N4/c1-12(2)10-15-11-13-6-7-16-14(17-13)18-8-4-3-5-9-18/h6-7,12,15H,3-5,8-11H2,1-2H3. The molecule has 1 N–H and O–H groups in total. The quantitative estimate of drug-likeness (QED) is 0.867. The number of rotatable bonds is 5. The van der Waals surface area contributed by atoms with Gasteiger partial charge in [-0.2, -0.15) is 0 Å². The van der Waals surface area contributed by atoms with Crippen molar-refractivity contribution >= 4 is 5.95 Å². The second-order valence-corrected chi connectivity index (χ2v) is 5.42. The Hall–Kier alpha value is -1.16. The Bertz CT molecular complexity index is 359. The summed E-state index contributed by atoms with van der Waals surface area (Å²) >= 11 is 0. The van der Waals surface area contributed by atoms with Crippen molar-refractivity contribution in [1.29, 1.82) is 0 Å². The summed E-state index contributed by atoms with van der Waals surface area (Å²) in [5.74, 6) is 1.58. The van der Waals surface area contributed by atoms with E-state index in [2.05, 4.69) is 34.0 Å². The zero-order chi connectivity index (χ0) is 12.8. The number of anilines is 1. The van der Waals surface area contributed by atoms with Crippen LogP contribution in [0.15, 0.2) is 12.3 Å². The van der Waals surface area contributed by atoms with Gasteiger partial charge in [-0.3, -0.25) is 0 Å². The van der Waals surface area contributed by atoms with Crippen LogP contribution in [-0.2, 0) is 6.54 Å². The van der Waals surface area contributed by atoms with Crippen LogP contribution >= 0.6 is 0 Å². The molecule has 2 heterocycles. The highest BCUT2D eigenvalue weighted by Gasteiger charge is 2.13. The molecule has 18 heavy (non-hydrogen) atoms. The maximum atomic E-state index is 4.65. The smallest absolute Gasteiger partial charge is 0.225 e. The van der Waals surface area contributed by atoms with Crippen molar-refractivity contribution in [2.45, 2.75) is 39.7 Å². The Labute approximate surface area is 110 Å². The largest absolute Gasteiger partial charge is 0.341 e. The van der Waals surface area contributed by atoms with Crippen LogP contribution in [-0.4, -0.2) is 29.6 Å². The van der Waals surface area contributed by atoms with Gasteiger partial charge in [0, 0.05) is 25.8 Å². The van der Waals surface area contributed by atoms with Crippen molar-refractivity contribution in [2.24, 2.45) is 5.92 Å². The predicted molar refractivity (Wildman–Crippen MR) is 74.6 cm³/mol. The van der Waals surface area contributed by atoms with E-state index in [0.29, 0.717) is 5.92 Å². The van der Waals surface area contributed by atoms with Crippen LogP contribution in [0.25, 0.3) is 0 Å². The molecule has 0 radical (unpaired) electrons. The maximum Gasteiger partial charge on any atom is 0.225 e. The summed E-state index contributed by atoms with van der Waals surface area (Å²) in [6, 6.07) is 2.00. The molecule has 0 aliphatic carbocycles. The van der Waals surface area contributed by atoms with E-state index < -0.39 is 0 Å². The molecule has 1 fully saturated rings. The minimum atomic E-state index is 0.674. The number of piperidine rings is 1. The molecule has 1 saturated heterocycles. The van der Waals surface area contributed by atoms with Crippen molar-refractivity contribution in [3.05, 3.63) is 18.0 Å². The van der Waals surface area contributed by atoms with Gasteiger partial charge in [0.05, 0.1) is 5.69 Å². The molecule has 4 nitrogen and oxygen atoms in total. The fourth-order valence-corrected chi connectivity index (χ4v) is 2.22. The van der Waals surface area contributed by atoms with Gasteiger partial charge in [-0.05, 0) is 37.8 Å². The van der Waals surface area contributed by atoms with Gasteiger partial charge in [-0.25, -0.2) is 9.97 Å². The van der Waals surface area contributed by atoms with Crippen LogP contribution in [0.2, 0.25) is 0 Å². The van der Waals surface area contributed by atoms with Crippen molar-refractivity contribution in [1.82, 2.24) is 15.3 Å². The van der Waals surface area contributed by atoms with Crippen LogP contribution in [0.3, 0.4) is 0 Å². The SMILES string of the molecule is CC(C)CNCc1ccnc(N2CCCCC2)n1. The van der Waals surface area contributed by atoms with E-state index in [-0.39, 0.29) is 0 Å². The van der Waals surface area contributed by atoms with E-state index >= 15 is 0 Å². The third-order valence-corrected chi connectivity index (χ3v) is 3.20. The molecule has 0 atom stereocenters. The highest BCUT2D eigenvalue weighted by atomic mass is 15.2. The lowest BCUT2D eigenvalue weighted by Crippen LogP contribution is -2.31. The Morgan fingerprint density at radius 2 is 2.06 bits per heavy atom. The van der Waals surface area contributed by atoms with Crippen molar-refractivity contribution in [3.63, 3.8) is 0 Å². The number of hydrogen-bond acceptors (Lipinski definition) is 4. The molecular formula is C14H24N4. The van der Waals surface area contributed by atoms with Crippen molar-refractivity contribution in [2.75, 3.05) is 24.5 Å². The van der Waals surface area contributed by atoms with Gasteiger partial charge in [0.15, 0.2) is 0 Å². The van der Waals surface area contributed by atoms with Crippen molar-refractivity contribution < 1.29 is 0 Å². The van der Waals surface area contributed by atoms with Crippen LogP contribution in [0.4, 0.5) is 5.95 Å². The van der Waals surface area contributed by atoms with Crippen LogP contribution in [0.1, 0.15) is 38.8 Å². The van der Waals surface area contributed by atoms with Crippen LogP contribution in [0, 0.1) is 5.92 Å². The molecule has 0 bridgehead atoms. The van der Waals surface area contributed by atoms with Gasteiger partial charge in [-0.15, -0.1) is 0 Å². The van der Waals surface area contributed by atoms with Gasteiger partial charge < -0.3 is 10.2 Å². The second kappa shape index (κ2) is 6.69. The molecule has 0 spiro atoms. The topological polar surface area (TPSA) is 41.1 Å². The average Bonchev–Trinajstić information content (AvgIpc) is 2.40. The summed E-state index contributed by atoms with van der Waals surface area (Å²) in [6.07, 6.45) is 5.74. The van der Waals surface area contributed by atoms with E-state index in [9.17, 15) is 0 Å². The summed E-state index contributed by atoms with van der Waals surface area (Å²) in [6.45, 7) is 8.49. The first-order valence-corrected chi connectivity index (χ1v) is 7.03. The average molecular weight is 248 g/mol. The van der Waals surface area contributed by atoms with Crippen molar-refractivity contribution in [3.8, 4) is 0 Å². The molecule has 0 unspecified atom stereocenters. The van der Waals surface area contributed by atoms with E-state index in [4.69, 9.17) is 0 Å². The predicted octanol–water partition coefficient (Wildman–Crippen LogP) is 2.21. The first kappa shape index (κ1) is 13.3. The zero-order valence-corrected chi connectivity index (χ0v) is 11.5. The van der Waals surface area contributed by atoms with E-state index in [1.165, 1.54) is 19.3 Å². The van der Waals surface area contributed by atoms with Gasteiger partial charge in [-0.1, -0.05) is 13.8 Å². The fraction of sp³-hybridized carbons (Fsp3) is 0.714. The molecule has 1 aliphatic heterocycles. The minimum absolute atomic E-state index is 0.674. The third kappa shape index (κ3) is 3.95. The highest BCUT2D eigenvalue weighted by Crippen LogP contribution is 2.15. The van der Waals surface area contributed by atoms with Gasteiger partial charge in [0.2, 0.25) is 5.95 Å². The summed E-state index contributed by atoms with van der Waals surface area (Å²) in [5, 5.41) is 3.42. The summed E-state index contributed by atoms with van der Waals surface area (Å²) in [5.41, 5.74) is 1.09. The van der Waals surface area contributed by atoms with Gasteiger partial charge in [0.1, 0.15) is 0 Å². The lowest BCUT2D eigenvalue weighted by Gasteiger charge is -2.26. The van der Waals surface area contributed by atoms with Gasteiger partial charge in [0.25, 0.3) is 0 Å². The summed E-state index contributed by atoms with van der Waals surface area (Å²) < 4.78 is 0. The van der Waals surface area contributed by atoms with Crippen LogP contribution < -0.4 is 10.2 Å². The zero-order valence-electron chi connectivity index (χ0n) is 11.5. The number of nitrogens with zero attached hydrogens (tertiary/aromatic N) is 3. The fourth-order valence-electron chi connectivity index (χ4n) is 2.22. The normalized spacial score (nSPS) is 16.3. The maximum absolute atomic E-state index is 4.65. The second-order valence-electron chi connectivity index (χ2n) is 5.42. The molecule has 2 rings (SSSR count). The first-order chi connectivity index (χ1) is 8.75. The van der Waals surface area contributed by atoms with E-state index in [1.54, 1.807) is 0 Å². The Morgan fingerprint density at radius 3 is 2.78 bits per heavy atom. The van der Waals surface area contributed by atoms with Gasteiger partial charge >= 0.3 is 0 Å². The first-order valence-electron chi connectivity index (χ1n) is 7.03. The lowest BCUT2D eigenvalue weighted by atomic mass is 10.1.